The van der Waals surface area contributed by atoms with E-state index in [1.54, 1.807) is 43.3 Å². The molecule has 0 spiro atoms. The number of rotatable bonds is 10. The van der Waals surface area contributed by atoms with Gasteiger partial charge < -0.3 is 15.5 Å². The van der Waals surface area contributed by atoms with E-state index in [-0.39, 0.29) is 29.3 Å². The zero-order valence-electron chi connectivity index (χ0n) is 23.0. The Kier molecular flexibility index (Phi) is 7.96. The second kappa shape index (κ2) is 10.8. The second-order valence-corrected chi connectivity index (χ2v) is 14.4. The molecule has 0 amide bonds. The van der Waals surface area contributed by atoms with Gasteiger partial charge in [-0.15, -0.1) is 0 Å². The molecule has 0 aliphatic carbocycles. The molecule has 0 heterocycles. The highest BCUT2D eigenvalue weighted by atomic mass is 32.3. The van der Waals surface area contributed by atoms with Crippen molar-refractivity contribution in [2.75, 3.05) is 51.1 Å². The summed E-state index contributed by atoms with van der Waals surface area (Å²) in [5.41, 5.74) is 7.44. The fourth-order valence-corrected chi connectivity index (χ4v) is 10.4. The Hall–Kier alpha value is -3.18. The van der Waals surface area contributed by atoms with Crippen molar-refractivity contribution in [3.8, 4) is 0 Å². The maximum Gasteiger partial charge on any atom is 0.232 e. The summed E-state index contributed by atoms with van der Waals surface area (Å²) in [6.07, 6.45) is -0.231. The molecule has 0 aromatic heterocycles. The third-order valence-electron chi connectivity index (χ3n) is 7.13. The van der Waals surface area contributed by atoms with Crippen molar-refractivity contribution < 1.29 is 16.8 Å². The van der Waals surface area contributed by atoms with E-state index in [2.05, 4.69) is 5.32 Å². The standard InChI is InChI=1S/C29H36N4O4S2/c1-6-29(31-20-19-30,38(34,35)27-17-9-11-21-23(27)13-7-15-25(21)32(2)3)39(36,37)28-18-10-12-22-24(28)14-8-16-26(22)33(4)5/h7-18,31H,6,19-20,30H2,1-5H3. The molecule has 208 valence electrons. The van der Waals surface area contributed by atoms with Crippen LogP contribution in [0, 0.1) is 0 Å². The number of anilines is 2. The molecule has 0 aliphatic heterocycles. The number of nitrogens with zero attached hydrogens (tertiary/aromatic N) is 2. The molecule has 8 nitrogen and oxygen atoms in total. The minimum atomic E-state index is -4.54. The Labute approximate surface area is 231 Å². The van der Waals surface area contributed by atoms with Gasteiger partial charge in [0.05, 0.1) is 9.79 Å². The second-order valence-electron chi connectivity index (χ2n) is 9.87. The molecular weight excluding hydrogens is 532 g/mol. The number of hydrogen-bond acceptors (Lipinski definition) is 8. The third-order valence-corrected chi connectivity index (χ3v) is 12.9. The first-order valence-electron chi connectivity index (χ1n) is 12.8. The lowest BCUT2D eigenvalue weighted by atomic mass is 10.1. The molecule has 0 aliphatic rings. The molecule has 0 radical (unpaired) electrons. The van der Waals surface area contributed by atoms with Crippen LogP contribution in [0.25, 0.3) is 21.5 Å². The number of benzene rings is 4. The van der Waals surface area contributed by atoms with Crippen molar-refractivity contribution in [2.45, 2.75) is 27.3 Å². The van der Waals surface area contributed by atoms with E-state index in [1.165, 1.54) is 12.1 Å². The van der Waals surface area contributed by atoms with Crippen LogP contribution in [0.4, 0.5) is 11.4 Å². The average molecular weight is 569 g/mol. The molecule has 4 aromatic carbocycles. The van der Waals surface area contributed by atoms with E-state index >= 15 is 0 Å². The summed E-state index contributed by atoms with van der Waals surface area (Å²) in [5, 5.41) is 5.23. The normalized spacial score (nSPS) is 12.7. The summed E-state index contributed by atoms with van der Waals surface area (Å²) in [7, 11) is -1.57. The van der Waals surface area contributed by atoms with Crippen LogP contribution < -0.4 is 20.9 Å². The van der Waals surface area contributed by atoms with E-state index in [4.69, 9.17) is 5.73 Å². The van der Waals surface area contributed by atoms with Gasteiger partial charge in [0.2, 0.25) is 23.9 Å². The van der Waals surface area contributed by atoms with Crippen molar-refractivity contribution >= 4 is 52.6 Å². The zero-order chi connectivity index (χ0) is 28.6. The van der Waals surface area contributed by atoms with Crippen LogP contribution in [0.5, 0.6) is 0 Å². The molecule has 39 heavy (non-hydrogen) atoms. The van der Waals surface area contributed by atoms with Crippen molar-refractivity contribution in [3.63, 3.8) is 0 Å². The summed E-state index contributed by atoms with van der Waals surface area (Å²) >= 11 is 0. The first kappa shape index (κ1) is 28.8. The molecule has 4 aromatic rings. The zero-order valence-corrected chi connectivity index (χ0v) is 24.6. The molecule has 0 unspecified atom stereocenters. The first-order chi connectivity index (χ1) is 18.4. The fraction of sp³-hybridized carbons (Fsp3) is 0.310. The maximum atomic E-state index is 14.7. The Morgan fingerprint density at radius 2 is 1.05 bits per heavy atom. The predicted octanol–water partition coefficient (Wildman–Crippen LogP) is 3.98. The highest BCUT2D eigenvalue weighted by Gasteiger charge is 2.55. The quantitative estimate of drug-likeness (QED) is 0.295. The van der Waals surface area contributed by atoms with E-state index in [1.807, 2.05) is 62.3 Å². The monoisotopic (exact) mass is 568 g/mol. The minimum Gasteiger partial charge on any atom is -0.377 e. The Bertz CT molecular complexity index is 1610. The molecular formula is C29H36N4O4S2. The number of fused-ring (bicyclic) bond motifs is 2. The van der Waals surface area contributed by atoms with Gasteiger partial charge in [-0.05, 0) is 30.7 Å². The molecule has 3 N–H and O–H groups in total. The van der Waals surface area contributed by atoms with Gasteiger partial charge in [0.25, 0.3) is 0 Å². The largest absolute Gasteiger partial charge is 0.377 e. The van der Waals surface area contributed by atoms with Crippen molar-refractivity contribution in [1.82, 2.24) is 5.32 Å². The van der Waals surface area contributed by atoms with Crippen molar-refractivity contribution in [2.24, 2.45) is 5.73 Å². The lowest BCUT2D eigenvalue weighted by Crippen LogP contribution is -2.58. The number of nitrogens with two attached hydrogens (primary N) is 1. The van der Waals surface area contributed by atoms with Gasteiger partial charge in [0, 0.05) is 74.2 Å². The number of sulfone groups is 2. The lowest BCUT2D eigenvalue weighted by Gasteiger charge is -2.34. The van der Waals surface area contributed by atoms with Crippen molar-refractivity contribution in [1.29, 1.82) is 0 Å². The first-order valence-corrected chi connectivity index (χ1v) is 15.7. The number of hydrogen-bond donors (Lipinski definition) is 2. The average Bonchev–Trinajstić information content (AvgIpc) is 2.91. The highest BCUT2D eigenvalue weighted by molar-refractivity contribution is 8.10. The minimum absolute atomic E-state index is 0.00622. The van der Waals surface area contributed by atoms with Crippen LogP contribution in [-0.2, 0) is 19.7 Å². The van der Waals surface area contributed by atoms with Crippen LogP contribution >= 0.6 is 0 Å². The summed E-state index contributed by atoms with van der Waals surface area (Å²) in [6.45, 7) is 1.63. The Balaban J connectivity index is 2.07. The van der Waals surface area contributed by atoms with Crippen LogP contribution in [-0.4, -0.2) is 62.3 Å². The summed E-state index contributed by atoms with van der Waals surface area (Å²) in [4.78, 5) is 3.70. The molecule has 0 bridgehead atoms. The summed E-state index contributed by atoms with van der Waals surface area (Å²) in [6, 6.07) is 20.7. The molecule has 0 fully saturated rings. The molecule has 10 heteroatoms. The van der Waals surface area contributed by atoms with Gasteiger partial charge in [-0.1, -0.05) is 55.5 Å². The summed E-state index contributed by atoms with van der Waals surface area (Å²) in [5.74, 6) is 0. The Morgan fingerprint density at radius 1 is 0.667 bits per heavy atom. The molecule has 0 saturated carbocycles. The SMILES string of the molecule is CCC(NCCN)(S(=O)(=O)c1cccc2c(N(C)C)cccc12)S(=O)(=O)c1cccc2c(N(C)C)cccc12. The van der Waals surface area contributed by atoms with E-state index in [0.717, 1.165) is 11.4 Å². The van der Waals surface area contributed by atoms with Gasteiger partial charge in [-0.2, -0.15) is 0 Å². The van der Waals surface area contributed by atoms with E-state index in [0.29, 0.717) is 21.5 Å². The van der Waals surface area contributed by atoms with Crippen LogP contribution in [0.15, 0.2) is 82.6 Å². The van der Waals surface area contributed by atoms with E-state index < -0.39 is 23.9 Å². The smallest absolute Gasteiger partial charge is 0.232 e. The molecule has 4 rings (SSSR count). The van der Waals surface area contributed by atoms with Gasteiger partial charge in [-0.3, -0.25) is 5.32 Å². The third kappa shape index (κ3) is 4.55. The van der Waals surface area contributed by atoms with Gasteiger partial charge in [0.15, 0.2) is 0 Å². The van der Waals surface area contributed by atoms with Crippen LogP contribution in [0.3, 0.4) is 0 Å². The number of nitrogens with one attached hydrogen (secondary N) is 1. The van der Waals surface area contributed by atoms with Gasteiger partial charge in [-0.25, -0.2) is 16.8 Å². The summed E-state index contributed by atoms with van der Waals surface area (Å²) < 4.78 is 56.5. The predicted molar refractivity (Wildman–Crippen MR) is 161 cm³/mol. The van der Waals surface area contributed by atoms with Crippen LogP contribution in [0.1, 0.15) is 13.3 Å². The highest BCUT2D eigenvalue weighted by Crippen LogP contribution is 2.42. The van der Waals surface area contributed by atoms with Crippen molar-refractivity contribution in [3.05, 3.63) is 72.8 Å². The maximum absolute atomic E-state index is 14.7. The topological polar surface area (TPSA) is 113 Å². The molecule has 0 saturated heterocycles. The Morgan fingerprint density at radius 3 is 1.41 bits per heavy atom. The van der Waals surface area contributed by atoms with Gasteiger partial charge in [0.1, 0.15) is 0 Å². The van der Waals surface area contributed by atoms with Crippen LogP contribution in [0.2, 0.25) is 0 Å². The molecule has 0 atom stereocenters. The fourth-order valence-electron chi connectivity index (χ4n) is 5.24. The lowest BCUT2D eigenvalue weighted by molar-refractivity contribution is 0.484. The van der Waals surface area contributed by atoms with Gasteiger partial charge >= 0.3 is 0 Å². The van der Waals surface area contributed by atoms with E-state index in [9.17, 15) is 16.8 Å².